The number of nitrogens with zero attached hydrogens (tertiary/aromatic N) is 2. The summed E-state index contributed by atoms with van der Waals surface area (Å²) in [4.78, 5) is 0. The van der Waals surface area contributed by atoms with Crippen LogP contribution in [0, 0.1) is 0 Å². The smallest absolute Gasteiger partial charge is 0.0640 e. The first kappa shape index (κ1) is 28.5. The van der Waals surface area contributed by atoms with Gasteiger partial charge in [-0.25, -0.2) is 0 Å². The lowest BCUT2D eigenvalue weighted by molar-refractivity contribution is 1.17. The molecule has 2 nitrogen and oxygen atoms in total. The van der Waals surface area contributed by atoms with Gasteiger partial charge >= 0.3 is 0 Å². The average Bonchev–Trinajstić information content (AvgIpc) is 3.95. The Morgan fingerprint density at radius 1 is 0.327 bits per heavy atom. The molecule has 0 aliphatic rings. The lowest BCUT2D eigenvalue weighted by atomic mass is 10.0. The van der Waals surface area contributed by atoms with Crippen LogP contribution in [-0.4, -0.2) is 9.13 Å². The molecule has 242 valence electrons. The number of hydrogen-bond donors (Lipinski definition) is 0. The van der Waals surface area contributed by atoms with E-state index in [1.54, 1.807) is 0 Å². The zero-order chi connectivity index (χ0) is 33.9. The van der Waals surface area contributed by atoms with Crippen molar-refractivity contribution in [2.24, 2.45) is 0 Å². The Bertz CT molecular complexity index is 3360. The molecule has 8 aromatic carbocycles. The number of thiophene rings is 2. The molecule has 0 aliphatic heterocycles. The maximum Gasteiger partial charge on any atom is 0.0640 e. The molecule has 12 aromatic rings. The molecule has 0 unspecified atom stereocenters. The van der Waals surface area contributed by atoms with Crippen LogP contribution in [0.1, 0.15) is 0 Å². The minimum absolute atomic E-state index is 1.17. The molecular formula is C48H28N2S2. The molecule has 4 heterocycles. The number of fused-ring (bicyclic) bond motifs is 13. The van der Waals surface area contributed by atoms with Crippen molar-refractivity contribution in [2.45, 2.75) is 0 Å². The highest BCUT2D eigenvalue weighted by atomic mass is 32.1. The maximum absolute atomic E-state index is 2.53. The zero-order valence-electron chi connectivity index (χ0n) is 27.9. The normalized spacial score (nSPS) is 12.2. The second-order valence-corrected chi connectivity index (χ2v) is 15.8. The molecule has 0 N–H and O–H groups in total. The predicted molar refractivity (Wildman–Crippen MR) is 226 cm³/mol. The van der Waals surface area contributed by atoms with Crippen molar-refractivity contribution in [3.8, 4) is 22.5 Å². The fourth-order valence-electron chi connectivity index (χ4n) is 8.64. The molecule has 0 saturated carbocycles. The molecule has 0 amide bonds. The van der Waals surface area contributed by atoms with Gasteiger partial charge in [0.1, 0.15) is 0 Å². The Kier molecular flexibility index (Phi) is 5.84. The van der Waals surface area contributed by atoms with Crippen LogP contribution >= 0.6 is 22.7 Å². The third kappa shape index (κ3) is 3.88. The average molecular weight is 697 g/mol. The van der Waals surface area contributed by atoms with Crippen LogP contribution in [0.3, 0.4) is 0 Å². The number of rotatable bonds is 3. The van der Waals surface area contributed by atoms with E-state index in [-0.39, 0.29) is 0 Å². The minimum atomic E-state index is 1.17. The van der Waals surface area contributed by atoms with E-state index >= 15 is 0 Å². The fraction of sp³-hybridized carbons (Fsp3) is 0. The summed E-state index contributed by atoms with van der Waals surface area (Å²) in [5.41, 5.74) is 9.81. The number of benzene rings is 8. The molecule has 4 aromatic heterocycles. The van der Waals surface area contributed by atoms with Crippen molar-refractivity contribution in [3.05, 3.63) is 170 Å². The van der Waals surface area contributed by atoms with Crippen molar-refractivity contribution in [2.75, 3.05) is 0 Å². The topological polar surface area (TPSA) is 9.86 Å². The Hall–Kier alpha value is -6.20. The first-order valence-corrected chi connectivity index (χ1v) is 19.3. The van der Waals surface area contributed by atoms with Gasteiger partial charge in [-0.05, 0) is 71.8 Å². The van der Waals surface area contributed by atoms with E-state index in [0.717, 1.165) is 0 Å². The second kappa shape index (κ2) is 10.7. The van der Waals surface area contributed by atoms with Gasteiger partial charge in [-0.3, -0.25) is 0 Å². The van der Waals surface area contributed by atoms with E-state index < -0.39 is 0 Å². The van der Waals surface area contributed by atoms with Gasteiger partial charge in [0.15, 0.2) is 0 Å². The van der Waals surface area contributed by atoms with Gasteiger partial charge in [-0.1, -0.05) is 109 Å². The van der Waals surface area contributed by atoms with Gasteiger partial charge in [0, 0.05) is 62.9 Å². The Labute approximate surface area is 306 Å². The van der Waals surface area contributed by atoms with Crippen molar-refractivity contribution in [1.29, 1.82) is 0 Å². The van der Waals surface area contributed by atoms with E-state index in [1.165, 1.54) is 106 Å². The first-order valence-electron chi connectivity index (χ1n) is 17.7. The van der Waals surface area contributed by atoms with Crippen LogP contribution in [-0.2, 0) is 0 Å². The Morgan fingerprint density at radius 3 is 1.79 bits per heavy atom. The highest BCUT2D eigenvalue weighted by Gasteiger charge is 2.21. The number of para-hydroxylation sites is 2. The highest BCUT2D eigenvalue weighted by Crippen LogP contribution is 2.47. The molecule has 0 radical (unpaired) electrons. The third-order valence-electron chi connectivity index (χ3n) is 10.9. The monoisotopic (exact) mass is 696 g/mol. The quantitative estimate of drug-likeness (QED) is 0.174. The lowest BCUT2D eigenvalue weighted by Gasteiger charge is -2.11. The summed E-state index contributed by atoms with van der Waals surface area (Å²) in [7, 11) is 0. The predicted octanol–water partition coefficient (Wildman–Crippen LogP) is 14.3. The zero-order valence-corrected chi connectivity index (χ0v) is 29.5. The summed E-state index contributed by atoms with van der Waals surface area (Å²) in [5.74, 6) is 0. The summed E-state index contributed by atoms with van der Waals surface area (Å²) in [6, 6.07) is 62.7. The molecule has 52 heavy (non-hydrogen) atoms. The van der Waals surface area contributed by atoms with Crippen molar-refractivity contribution >= 4 is 107 Å². The van der Waals surface area contributed by atoms with E-state index in [4.69, 9.17) is 0 Å². The van der Waals surface area contributed by atoms with E-state index in [9.17, 15) is 0 Å². The largest absolute Gasteiger partial charge is 0.309 e. The van der Waals surface area contributed by atoms with Crippen LogP contribution in [0.5, 0.6) is 0 Å². The van der Waals surface area contributed by atoms with Gasteiger partial charge in [0.05, 0.1) is 32.5 Å². The molecule has 4 heteroatoms. The van der Waals surface area contributed by atoms with Gasteiger partial charge in [-0.15, -0.1) is 22.7 Å². The van der Waals surface area contributed by atoms with Crippen molar-refractivity contribution in [1.82, 2.24) is 9.13 Å². The molecule has 0 spiro atoms. The second-order valence-electron chi connectivity index (χ2n) is 13.7. The molecule has 0 bridgehead atoms. The summed E-state index contributed by atoms with van der Waals surface area (Å²) in [6.45, 7) is 0. The number of hydrogen-bond acceptors (Lipinski definition) is 2. The summed E-state index contributed by atoms with van der Waals surface area (Å²) < 4.78 is 10.3. The highest BCUT2D eigenvalue weighted by molar-refractivity contribution is 7.27. The third-order valence-corrected chi connectivity index (χ3v) is 13.3. The minimum Gasteiger partial charge on any atom is -0.309 e. The first-order chi connectivity index (χ1) is 25.8. The summed E-state index contributed by atoms with van der Waals surface area (Å²) in [5, 5.41) is 10.4. The maximum atomic E-state index is 2.53. The lowest BCUT2D eigenvalue weighted by Crippen LogP contribution is -1.96. The molecule has 0 atom stereocenters. The van der Waals surface area contributed by atoms with E-state index in [2.05, 4.69) is 179 Å². The van der Waals surface area contributed by atoms with Crippen LogP contribution in [0.15, 0.2) is 170 Å². The van der Waals surface area contributed by atoms with Gasteiger partial charge < -0.3 is 9.13 Å². The van der Waals surface area contributed by atoms with Crippen LogP contribution in [0.25, 0.3) is 106 Å². The molecule has 0 saturated heterocycles. The van der Waals surface area contributed by atoms with Gasteiger partial charge in [0.25, 0.3) is 0 Å². The molecule has 0 aliphatic carbocycles. The Balaban J connectivity index is 1.21. The SMILES string of the molecule is c1ccc(-c2ccc3sc4c(ccc5c4c4cc(-n6c7ccccc7c7ccccc76)ccc4n5-c4cccc5c4sc4ccccc45)c3c2)cc1. The standard InChI is InChI=1S/C48H28N2S2/c1-2-11-29(12-3-1)30-21-26-45-37(27-30)36-23-25-42-46(48(36)52-45)38-28-31(49-39-17-7-4-13-32(39)33-14-5-8-18-40(33)49)22-24-41(38)50(42)43-19-10-16-35-34-15-6-9-20-44(34)51-47(35)43/h1-28H. The number of aromatic nitrogens is 2. The van der Waals surface area contributed by atoms with Crippen molar-refractivity contribution < 1.29 is 0 Å². The summed E-state index contributed by atoms with van der Waals surface area (Å²) in [6.07, 6.45) is 0. The van der Waals surface area contributed by atoms with Crippen molar-refractivity contribution in [3.63, 3.8) is 0 Å². The van der Waals surface area contributed by atoms with Crippen LogP contribution in [0.2, 0.25) is 0 Å². The fourth-order valence-corrected chi connectivity index (χ4v) is 11.1. The Morgan fingerprint density at radius 2 is 0.962 bits per heavy atom. The van der Waals surface area contributed by atoms with Crippen LogP contribution in [0.4, 0.5) is 0 Å². The molecule has 12 rings (SSSR count). The van der Waals surface area contributed by atoms with E-state index in [0.29, 0.717) is 0 Å². The molecular weight excluding hydrogens is 669 g/mol. The van der Waals surface area contributed by atoms with Crippen LogP contribution < -0.4 is 0 Å². The van der Waals surface area contributed by atoms with Gasteiger partial charge in [-0.2, -0.15) is 0 Å². The van der Waals surface area contributed by atoms with E-state index in [1.807, 2.05) is 22.7 Å². The summed E-state index contributed by atoms with van der Waals surface area (Å²) >= 11 is 3.81. The molecule has 0 fully saturated rings. The van der Waals surface area contributed by atoms with Gasteiger partial charge in [0.2, 0.25) is 0 Å².